The third kappa shape index (κ3) is 11.5. The molecule has 0 aliphatic rings. The maximum absolute atomic E-state index is 11.9. The Hall–Kier alpha value is -1.10. The average Bonchev–Trinajstić information content (AvgIpc) is 2.49. The number of nitrogens with two attached hydrogens (primary N) is 1. The summed E-state index contributed by atoms with van der Waals surface area (Å²) in [6.45, 7) is 4.29. The van der Waals surface area contributed by atoms with E-state index in [9.17, 15) is 9.59 Å². The molecule has 0 saturated heterocycles. The van der Waals surface area contributed by atoms with Crippen molar-refractivity contribution in [2.75, 3.05) is 0 Å². The smallest absolute Gasteiger partial charge is 0.323 e. The van der Waals surface area contributed by atoms with Crippen LogP contribution in [0.5, 0.6) is 0 Å². The van der Waals surface area contributed by atoms with Crippen molar-refractivity contribution in [3.63, 3.8) is 0 Å². The van der Waals surface area contributed by atoms with Crippen molar-refractivity contribution in [3.05, 3.63) is 0 Å². The monoisotopic (exact) mass is 315 g/mol. The van der Waals surface area contributed by atoms with Gasteiger partial charge in [-0.1, -0.05) is 52.4 Å². The number of esters is 1. The molecule has 0 radical (unpaired) electrons. The third-order valence-corrected chi connectivity index (χ3v) is 3.76. The highest BCUT2D eigenvalue weighted by molar-refractivity contribution is 5.76. The molecule has 5 nitrogen and oxygen atoms in total. The number of ether oxygens (including phenoxy) is 1. The molecular formula is C17H33NO4. The Morgan fingerprint density at radius 1 is 0.955 bits per heavy atom. The molecule has 0 spiro atoms. The minimum atomic E-state index is -0.943. The summed E-state index contributed by atoms with van der Waals surface area (Å²) in [5.74, 6) is -1.40. The predicted octanol–water partition coefficient (Wildman–Crippen LogP) is 3.64. The normalized spacial score (nSPS) is 13.6. The number of unbranched alkanes of at least 4 members (excludes halogenated alkanes) is 5. The molecule has 5 heteroatoms. The summed E-state index contributed by atoms with van der Waals surface area (Å²) >= 11 is 0. The van der Waals surface area contributed by atoms with Crippen LogP contribution in [-0.4, -0.2) is 29.2 Å². The number of hydrogen-bond acceptors (Lipinski definition) is 4. The predicted molar refractivity (Wildman–Crippen MR) is 87.6 cm³/mol. The molecule has 0 aliphatic carbocycles. The number of carboxylic acid groups (broad SMARTS) is 1. The fourth-order valence-corrected chi connectivity index (χ4v) is 2.32. The molecule has 0 aromatic carbocycles. The average molecular weight is 315 g/mol. The third-order valence-electron chi connectivity index (χ3n) is 3.76. The first kappa shape index (κ1) is 20.9. The van der Waals surface area contributed by atoms with Crippen LogP contribution >= 0.6 is 0 Å². The summed E-state index contributed by atoms with van der Waals surface area (Å²) in [5, 5.41) is 8.62. The molecule has 0 saturated carbocycles. The molecule has 0 aromatic rings. The Bertz CT molecular complexity index is 307. The van der Waals surface area contributed by atoms with Gasteiger partial charge in [-0.05, 0) is 25.7 Å². The second kappa shape index (κ2) is 13.6. The molecule has 1 unspecified atom stereocenters. The Labute approximate surface area is 134 Å². The van der Waals surface area contributed by atoms with E-state index >= 15 is 0 Å². The lowest BCUT2D eigenvalue weighted by Crippen LogP contribution is -2.35. The van der Waals surface area contributed by atoms with E-state index in [4.69, 9.17) is 15.6 Å². The molecule has 0 heterocycles. The van der Waals surface area contributed by atoms with Crippen molar-refractivity contribution < 1.29 is 19.4 Å². The topological polar surface area (TPSA) is 89.6 Å². The molecule has 0 aromatic heterocycles. The van der Waals surface area contributed by atoms with Crippen LogP contribution in [0.25, 0.3) is 0 Å². The molecule has 3 N–H and O–H groups in total. The Morgan fingerprint density at radius 3 is 2.14 bits per heavy atom. The van der Waals surface area contributed by atoms with E-state index < -0.39 is 18.0 Å². The summed E-state index contributed by atoms with van der Waals surface area (Å²) < 4.78 is 5.50. The maximum Gasteiger partial charge on any atom is 0.323 e. The lowest BCUT2D eigenvalue weighted by Gasteiger charge is -2.20. The Morgan fingerprint density at radius 2 is 1.55 bits per heavy atom. The lowest BCUT2D eigenvalue weighted by molar-refractivity contribution is -0.151. The first-order valence-corrected chi connectivity index (χ1v) is 8.69. The van der Waals surface area contributed by atoms with Gasteiger partial charge in [0.15, 0.2) is 0 Å². The molecule has 0 rings (SSSR count). The van der Waals surface area contributed by atoms with Crippen LogP contribution in [0.15, 0.2) is 0 Å². The van der Waals surface area contributed by atoms with Crippen LogP contribution in [0, 0.1) is 0 Å². The van der Waals surface area contributed by atoms with Gasteiger partial charge in [0.25, 0.3) is 0 Å². The number of carbonyl (C=O) groups excluding carboxylic acids is 1. The van der Waals surface area contributed by atoms with E-state index in [0.29, 0.717) is 0 Å². The summed E-state index contributed by atoms with van der Waals surface area (Å²) in [5.41, 5.74) is 5.70. The molecule has 130 valence electrons. The van der Waals surface area contributed by atoms with Gasteiger partial charge in [-0.2, -0.15) is 0 Å². The summed E-state index contributed by atoms with van der Waals surface area (Å²) in [6, 6.07) is -0.833. The van der Waals surface area contributed by atoms with Crippen LogP contribution in [0.1, 0.15) is 84.5 Å². The number of rotatable bonds is 14. The molecule has 0 aliphatic heterocycles. The van der Waals surface area contributed by atoms with Crippen LogP contribution in [-0.2, 0) is 14.3 Å². The van der Waals surface area contributed by atoms with Gasteiger partial charge in [-0.25, -0.2) is 0 Å². The number of hydrogen-bond donors (Lipinski definition) is 2. The minimum absolute atomic E-state index is 0.0787. The summed E-state index contributed by atoms with van der Waals surface area (Å²) in [4.78, 5) is 22.4. The molecule has 0 amide bonds. The standard InChI is InChI=1S/C17H33NO4/c1-3-5-7-8-9-11-14(10-6-4-2)22-17(21)15(18)12-13-16(19)20/h14-15H,3-13,18H2,1-2H3,(H,19,20)/t14?,15-/m0/s1. The molecule has 22 heavy (non-hydrogen) atoms. The number of carboxylic acids is 1. The van der Waals surface area contributed by atoms with Gasteiger partial charge in [-0.15, -0.1) is 0 Å². The molecule has 0 fully saturated rings. The maximum atomic E-state index is 11.9. The second-order valence-electron chi connectivity index (χ2n) is 5.94. The Kier molecular flexibility index (Phi) is 12.9. The van der Waals surface area contributed by atoms with E-state index in [2.05, 4.69) is 13.8 Å². The van der Waals surface area contributed by atoms with Gasteiger partial charge in [0, 0.05) is 6.42 Å². The highest BCUT2D eigenvalue weighted by Gasteiger charge is 2.20. The van der Waals surface area contributed by atoms with Crippen molar-refractivity contribution in [1.29, 1.82) is 0 Å². The molecular weight excluding hydrogens is 282 g/mol. The zero-order chi connectivity index (χ0) is 16.8. The first-order valence-electron chi connectivity index (χ1n) is 8.69. The Balaban J connectivity index is 4.13. The fraction of sp³-hybridized carbons (Fsp3) is 0.882. The second-order valence-corrected chi connectivity index (χ2v) is 5.94. The largest absolute Gasteiger partial charge is 0.481 e. The van der Waals surface area contributed by atoms with E-state index in [0.717, 1.165) is 32.1 Å². The van der Waals surface area contributed by atoms with Crippen molar-refractivity contribution in [3.8, 4) is 0 Å². The van der Waals surface area contributed by atoms with Crippen molar-refractivity contribution in [2.24, 2.45) is 5.73 Å². The molecule has 2 atom stereocenters. The van der Waals surface area contributed by atoms with Crippen LogP contribution in [0.4, 0.5) is 0 Å². The highest BCUT2D eigenvalue weighted by Crippen LogP contribution is 2.15. The first-order chi connectivity index (χ1) is 10.5. The fourth-order valence-electron chi connectivity index (χ4n) is 2.32. The number of aliphatic carboxylic acids is 1. The zero-order valence-electron chi connectivity index (χ0n) is 14.2. The summed E-state index contributed by atoms with van der Waals surface area (Å²) in [6.07, 6.45) is 9.69. The molecule has 0 bridgehead atoms. The SMILES string of the molecule is CCCCCCCC(CCCC)OC(=O)[C@@H](N)CCC(=O)O. The summed E-state index contributed by atoms with van der Waals surface area (Å²) in [7, 11) is 0. The number of carbonyl (C=O) groups is 2. The van der Waals surface area contributed by atoms with Gasteiger partial charge in [0.1, 0.15) is 12.1 Å². The van der Waals surface area contributed by atoms with Gasteiger partial charge in [0.2, 0.25) is 0 Å². The van der Waals surface area contributed by atoms with E-state index in [1.807, 2.05) is 0 Å². The quantitative estimate of drug-likeness (QED) is 0.377. The van der Waals surface area contributed by atoms with Gasteiger partial charge in [0.05, 0.1) is 0 Å². The van der Waals surface area contributed by atoms with Gasteiger partial charge < -0.3 is 15.6 Å². The van der Waals surface area contributed by atoms with Crippen molar-refractivity contribution in [1.82, 2.24) is 0 Å². The van der Waals surface area contributed by atoms with Crippen molar-refractivity contribution in [2.45, 2.75) is 96.6 Å². The minimum Gasteiger partial charge on any atom is -0.481 e. The highest BCUT2D eigenvalue weighted by atomic mass is 16.5. The zero-order valence-corrected chi connectivity index (χ0v) is 14.2. The van der Waals surface area contributed by atoms with Gasteiger partial charge >= 0.3 is 11.9 Å². The van der Waals surface area contributed by atoms with Gasteiger partial charge in [-0.3, -0.25) is 9.59 Å². The van der Waals surface area contributed by atoms with E-state index in [1.54, 1.807) is 0 Å². The lowest BCUT2D eigenvalue weighted by atomic mass is 10.0. The van der Waals surface area contributed by atoms with E-state index in [-0.39, 0.29) is 18.9 Å². The van der Waals surface area contributed by atoms with Crippen LogP contribution in [0.2, 0.25) is 0 Å². The van der Waals surface area contributed by atoms with Crippen LogP contribution < -0.4 is 5.73 Å². The van der Waals surface area contributed by atoms with E-state index in [1.165, 1.54) is 25.7 Å². The van der Waals surface area contributed by atoms with Crippen molar-refractivity contribution >= 4 is 11.9 Å². The van der Waals surface area contributed by atoms with Crippen LogP contribution in [0.3, 0.4) is 0 Å².